The molecular weight excluding hydrogens is 445 g/mol. The van der Waals surface area contributed by atoms with Gasteiger partial charge in [0.05, 0.1) is 10.5 Å². The zero-order valence-corrected chi connectivity index (χ0v) is 18.2. The van der Waals surface area contributed by atoms with Crippen LogP contribution in [0.25, 0.3) is 0 Å². The fraction of sp³-hybridized carbons (Fsp3) is 0.455. The summed E-state index contributed by atoms with van der Waals surface area (Å²) in [6.45, 7) is 2.41. The van der Waals surface area contributed by atoms with Crippen molar-refractivity contribution >= 4 is 10.0 Å². The highest BCUT2D eigenvalue weighted by atomic mass is 32.2. The number of ether oxygens (including phenoxy) is 2. The van der Waals surface area contributed by atoms with Gasteiger partial charge in [0, 0.05) is 6.54 Å². The molecule has 32 heavy (non-hydrogen) atoms. The maximum absolute atomic E-state index is 13.0. The Bertz CT molecular complexity index is 1070. The summed E-state index contributed by atoms with van der Waals surface area (Å²) in [6.07, 6.45) is -2.40. The first-order valence-corrected chi connectivity index (χ1v) is 12.0. The molecule has 2 aliphatic rings. The molecule has 1 saturated heterocycles. The van der Waals surface area contributed by atoms with Crippen LogP contribution in [-0.4, -0.2) is 45.7 Å². The zero-order chi connectivity index (χ0) is 22.9. The van der Waals surface area contributed by atoms with E-state index >= 15 is 0 Å². The fourth-order valence-electron chi connectivity index (χ4n) is 4.30. The third kappa shape index (κ3) is 5.36. The first-order valence-electron chi connectivity index (χ1n) is 10.4. The Labute approximate surface area is 185 Å². The van der Waals surface area contributed by atoms with E-state index in [2.05, 4.69) is 4.90 Å². The molecule has 2 N–H and O–H groups in total. The quantitative estimate of drug-likeness (QED) is 0.724. The Morgan fingerprint density at radius 2 is 1.78 bits per heavy atom. The molecule has 0 aromatic heterocycles. The van der Waals surface area contributed by atoms with E-state index in [-0.39, 0.29) is 23.4 Å². The van der Waals surface area contributed by atoms with E-state index < -0.39 is 21.8 Å². The number of hydrogen-bond donors (Lipinski definition) is 1. The van der Waals surface area contributed by atoms with Gasteiger partial charge in [-0.25, -0.2) is 13.6 Å². The molecule has 0 spiro atoms. The van der Waals surface area contributed by atoms with Gasteiger partial charge in [0.25, 0.3) is 0 Å². The van der Waals surface area contributed by atoms with Crippen LogP contribution in [0.5, 0.6) is 11.5 Å². The molecule has 4 rings (SSSR count). The standard InChI is InChI=1S/C22H25F3N2O4S/c23-22(24,25)17-5-6-19-20(12-17)31-18(14-30-19)13-27-9-7-15(8-10-27)11-16-3-1-2-4-21(16)32(26,28)29/h1-6,12,15,18H,7-11,13-14H2,(H2,26,28,29). The van der Waals surface area contributed by atoms with Crippen LogP contribution >= 0.6 is 0 Å². The number of alkyl halides is 3. The summed E-state index contributed by atoms with van der Waals surface area (Å²) in [4.78, 5) is 2.38. The summed E-state index contributed by atoms with van der Waals surface area (Å²) >= 11 is 0. The molecule has 0 amide bonds. The molecule has 10 heteroatoms. The van der Waals surface area contributed by atoms with Gasteiger partial charge in [-0.15, -0.1) is 0 Å². The molecule has 6 nitrogen and oxygen atoms in total. The van der Waals surface area contributed by atoms with Crippen molar-refractivity contribution in [1.82, 2.24) is 4.90 Å². The van der Waals surface area contributed by atoms with Crippen LogP contribution in [0.1, 0.15) is 24.0 Å². The van der Waals surface area contributed by atoms with Gasteiger partial charge >= 0.3 is 6.18 Å². The molecule has 0 saturated carbocycles. The molecular formula is C22H25F3N2O4S. The number of nitrogens with two attached hydrogens (primary N) is 1. The monoisotopic (exact) mass is 470 g/mol. The normalized spacial score (nSPS) is 20.3. The number of piperidine rings is 1. The Morgan fingerprint density at radius 3 is 2.47 bits per heavy atom. The van der Waals surface area contributed by atoms with Crippen molar-refractivity contribution in [2.75, 3.05) is 26.2 Å². The number of rotatable bonds is 5. The van der Waals surface area contributed by atoms with Crippen molar-refractivity contribution < 1.29 is 31.1 Å². The van der Waals surface area contributed by atoms with Crippen LogP contribution in [0.4, 0.5) is 13.2 Å². The largest absolute Gasteiger partial charge is 0.486 e. The van der Waals surface area contributed by atoms with Crippen molar-refractivity contribution in [3.63, 3.8) is 0 Å². The fourth-order valence-corrected chi connectivity index (χ4v) is 5.09. The Kier molecular flexibility index (Phi) is 6.37. The second kappa shape index (κ2) is 8.92. The Hall–Kier alpha value is -2.30. The van der Waals surface area contributed by atoms with Crippen molar-refractivity contribution in [3.05, 3.63) is 53.6 Å². The number of likely N-dealkylation sites (tertiary alicyclic amines) is 1. The molecule has 2 aromatic rings. The van der Waals surface area contributed by atoms with Crippen molar-refractivity contribution in [3.8, 4) is 11.5 Å². The first kappa shape index (κ1) is 22.9. The SMILES string of the molecule is NS(=O)(=O)c1ccccc1CC1CCN(CC2COc3ccc(C(F)(F)F)cc3O2)CC1. The van der Waals surface area contributed by atoms with E-state index in [1.165, 1.54) is 12.1 Å². The molecule has 0 aliphatic carbocycles. The van der Waals surface area contributed by atoms with Crippen LogP contribution in [0.2, 0.25) is 0 Å². The van der Waals surface area contributed by atoms with Crippen LogP contribution in [-0.2, 0) is 22.6 Å². The highest BCUT2D eigenvalue weighted by molar-refractivity contribution is 7.89. The molecule has 1 unspecified atom stereocenters. The lowest BCUT2D eigenvalue weighted by molar-refractivity contribution is -0.137. The summed E-state index contributed by atoms with van der Waals surface area (Å²) in [6, 6.07) is 10.1. The average Bonchev–Trinajstić information content (AvgIpc) is 2.74. The zero-order valence-electron chi connectivity index (χ0n) is 17.3. The molecule has 2 heterocycles. The van der Waals surface area contributed by atoms with E-state index in [1.807, 2.05) is 6.07 Å². The number of halogens is 3. The minimum atomic E-state index is -4.44. The molecule has 1 atom stereocenters. The van der Waals surface area contributed by atoms with Gasteiger partial charge in [0.2, 0.25) is 10.0 Å². The molecule has 0 bridgehead atoms. The van der Waals surface area contributed by atoms with Crippen molar-refractivity contribution in [2.45, 2.75) is 36.4 Å². The van der Waals surface area contributed by atoms with Crippen LogP contribution in [0, 0.1) is 5.92 Å². The summed E-state index contributed by atoms with van der Waals surface area (Å²) in [5, 5.41) is 5.33. The van der Waals surface area contributed by atoms with Crippen molar-refractivity contribution in [1.29, 1.82) is 0 Å². The minimum absolute atomic E-state index is 0.116. The average molecular weight is 471 g/mol. The van der Waals surface area contributed by atoms with Crippen LogP contribution in [0.15, 0.2) is 47.4 Å². The maximum atomic E-state index is 13.0. The topological polar surface area (TPSA) is 81.9 Å². The maximum Gasteiger partial charge on any atom is 0.416 e. The van der Waals surface area contributed by atoms with E-state index in [4.69, 9.17) is 14.6 Å². The summed E-state index contributed by atoms with van der Waals surface area (Å²) in [5.74, 6) is 0.764. The van der Waals surface area contributed by atoms with Gasteiger partial charge in [-0.05, 0) is 68.1 Å². The predicted octanol–water partition coefficient (Wildman–Crippen LogP) is 3.45. The summed E-state index contributed by atoms with van der Waals surface area (Å²) in [5.41, 5.74) is -0.0318. The lowest BCUT2D eigenvalue weighted by Gasteiger charge is -2.36. The minimum Gasteiger partial charge on any atom is -0.486 e. The molecule has 174 valence electrons. The van der Waals surface area contributed by atoms with E-state index in [1.54, 1.807) is 12.1 Å². The second-order valence-corrected chi connectivity index (χ2v) is 9.84. The molecule has 0 radical (unpaired) electrons. The van der Waals surface area contributed by atoms with E-state index in [9.17, 15) is 21.6 Å². The number of sulfonamides is 1. The van der Waals surface area contributed by atoms with Gasteiger partial charge in [-0.3, -0.25) is 4.90 Å². The number of fused-ring (bicyclic) bond motifs is 1. The van der Waals surface area contributed by atoms with Crippen LogP contribution in [0.3, 0.4) is 0 Å². The number of nitrogens with zero attached hydrogens (tertiary/aromatic N) is 1. The Balaban J connectivity index is 1.32. The highest BCUT2D eigenvalue weighted by Gasteiger charge is 2.33. The lowest BCUT2D eigenvalue weighted by atomic mass is 9.90. The van der Waals surface area contributed by atoms with Crippen LogP contribution < -0.4 is 14.6 Å². The lowest BCUT2D eigenvalue weighted by Crippen LogP contribution is -2.44. The van der Waals surface area contributed by atoms with E-state index in [0.717, 1.165) is 43.6 Å². The summed E-state index contributed by atoms with van der Waals surface area (Å²) < 4.78 is 73.9. The number of primary sulfonamides is 1. The molecule has 2 aromatic carbocycles. The highest BCUT2D eigenvalue weighted by Crippen LogP contribution is 2.38. The molecule has 1 fully saturated rings. The van der Waals surface area contributed by atoms with E-state index in [0.29, 0.717) is 24.6 Å². The number of hydrogen-bond acceptors (Lipinski definition) is 5. The molecule has 2 aliphatic heterocycles. The smallest absolute Gasteiger partial charge is 0.416 e. The van der Waals surface area contributed by atoms with Crippen molar-refractivity contribution in [2.24, 2.45) is 11.1 Å². The summed E-state index contributed by atoms with van der Waals surface area (Å²) in [7, 11) is -3.76. The predicted molar refractivity (Wildman–Crippen MR) is 112 cm³/mol. The third-order valence-corrected chi connectivity index (χ3v) is 6.96. The van der Waals surface area contributed by atoms with Gasteiger partial charge in [-0.1, -0.05) is 18.2 Å². The van der Waals surface area contributed by atoms with Gasteiger partial charge < -0.3 is 9.47 Å². The van der Waals surface area contributed by atoms with Gasteiger partial charge in [-0.2, -0.15) is 13.2 Å². The second-order valence-electron chi connectivity index (χ2n) is 8.31. The van der Waals surface area contributed by atoms with Gasteiger partial charge in [0.15, 0.2) is 11.5 Å². The Morgan fingerprint density at radius 1 is 1.06 bits per heavy atom. The third-order valence-electron chi connectivity index (χ3n) is 5.95. The van der Waals surface area contributed by atoms with Gasteiger partial charge in [0.1, 0.15) is 12.7 Å². The first-order chi connectivity index (χ1) is 15.1. The number of benzene rings is 2.